The molecule has 5 nitrogen and oxygen atoms in total. The van der Waals surface area contributed by atoms with Gasteiger partial charge in [-0.05, 0) is 47.0 Å². The van der Waals surface area contributed by atoms with Gasteiger partial charge in [0.15, 0.2) is 6.10 Å². The number of benzene rings is 1. The van der Waals surface area contributed by atoms with Gasteiger partial charge < -0.3 is 15.0 Å². The maximum atomic E-state index is 12.3. The van der Waals surface area contributed by atoms with Crippen LogP contribution in [0.4, 0.5) is 0 Å². The smallest absolute Gasteiger partial charge is 0.261 e. The second-order valence-electron chi connectivity index (χ2n) is 5.80. The van der Waals surface area contributed by atoms with Crippen molar-refractivity contribution in [1.82, 2.24) is 10.2 Å². The average Bonchev–Trinajstić information content (AvgIpc) is 2.46. The molecule has 2 amide bonds. The minimum Gasteiger partial charge on any atom is -0.480 e. The van der Waals surface area contributed by atoms with Crippen molar-refractivity contribution in [3.63, 3.8) is 0 Å². The topological polar surface area (TPSA) is 58.6 Å². The van der Waals surface area contributed by atoms with E-state index in [1.165, 1.54) is 4.90 Å². The van der Waals surface area contributed by atoms with Crippen LogP contribution in [-0.4, -0.2) is 43.0 Å². The largest absolute Gasteiger partial charge is 0.480 e. The molecule has 128 valence electrons. The van der Waals surface area contributed by atoms with Crippen LogP contribution in [0.15, 0.2) is 22.7 Å². The predicted molar refractivity (Wildman–Crippen MR) is 94.7 cm³/mol. The summed E-state index contributed by atoms with van der Waals surface area (Å²) in [7, 11) is 3.32. The zero-order chi connectivity index (χ0) is 17.7. The van der Waals surface area contributed by atoms with Gasteiger partial charge in [-0.15, -0.1) is 0 Å². The van der Waals surface area contributed by atoms with Gasteiger partial charge in [-0.1, -0.05) is 25.4 Å². The lowest BCUT2D eigenvalue weighted by atomic mass is 10.0. The summed E-state index contributed by atoms with van der Waals surface area (Å²) in [5.74, 6) is -0.00521. The Kier molecular flexibility index (Phi) is 7.35. The van der Waals surface area contributed by atoms with E-state index in [0.717, 1.165) is 0 Å². The second kappa shape index (κ2) is 8.55. The minimum absolute atomic E-state index is 0.0247. The first-order valence-corrected chi connectivity index (χ1v) is 8.43. The molecule has 0 aromatic heterocycles. The highest BCUT2D eigenvalue weighted by atomic mass is 79.9. The number of nitrogens with zero attached hydrogens (tertiary/aromatic N) is 1. The lowest BCUT2D eigenvalue weighted by molar-refractivity contribution is -0.137. The number of rotatable bonds is 6. The van der Waals surface area contributed by atoms with E-state index in [4.69, 9.17) is 16.3 Å². The van der Waals surface area contributed by atoms with Gasteiger partial charge in [0.1, 0.15) is 11.8 Å². The summed E-state index contributed by atoms with van der Waals surface area (Å²) in [5, 5.41) is 3.32. The van der Waals surface area contributed by atoms with Crippen LogP contribution in [-0.2, 0) is 9.59 Å². The standard InChI is InChI=1S/C16H22BrClN2O3/c1-9(2)14(16(22)20(4)5)19-15(21)10(3)23-13-7-6-11(18)8-12(13)17/h6-10,14H,1-5H3,(H,19,21)/t10-,14+/m1/s1. The lowest BCUT2D eigenvalue weighted by Crippen LogP contribution is -2.52. The molecule has 1 aromatic rings. The number of carbonyl (C=O) groups is 2. The molecule has 0 aliphatic carbocycles. The molecule has 7 heteroatoms. The monoisotopic (exact) mass is 404 g/mol. The third kappa shape index (κ3) is 5.70. The van der Waals surface area contributed by atoms with Crippen LogP contribution in [0.5, 0.6) is 5.75 Å². The molecule has 0 radical (unpaired) electrons. The summed E-state index contributed by atoms with van der Waals surface area (Å²) in [4.78, 5) is 25.9. The van der Waals surface area contributed by atoms with Crippen molar-refractivity contribution in [3.8, 4) is 5.75 Å². The minimum atomic E-state index is -0.747. The molecule has 0 fully saturated rings. The quantitative estimate of drug-likeness (QED) is 0.791. The molecule has 0 saturated heterocycles. The SMILES string of the molecule is CC(C)[C@H](NC(=O)[C@@H](C)Oc1ccc(Cl)cc1Br)C(=O)N(C)C. The van der Waals surface area contributed by atoms with Gasteiger partial charge in [-0.25, -0.2) is 0 Å². The van der Waals surface area contributed by atoms with Crippen molar-refractivity contribution >= 4 is 39.3 Å². The van der Waals surface area contributed by atoms with Gasteiger partial charge in [-0.3, -0.25) is 9.59 Å². The van der Waals surface area contributed by atoms with E-state index in [2.05, 4.69) is 21.2 Å². The predicted octanol–water partition coefficient (Wildman–Crippen LogP) is 3.10. The fourth-order valence-electron chi connectivity index (χ4n) is 1.88. The van der Waals surface area contributed by atoms with E-state index >= 15 is 0 Å². The highest BCUT2D eigenvalue weighted by Crippen LogP contribution is 2.28. The maximum Gasteiger partial charge on any atom is 0.261 e. The molecule has 0 bridgehead atoms. The summed E-state index contributed by atoms with van der Waals surface area (Å²) >= 11 is 9.22. The van der Waals surface area contributed by atoms with E-state index in [1.54, 1.807) is 39.2 Å². The number of nitrogens with one attached hydrogen (secondary N) is 1. The van der Waals surface area contributed by atoms with Crippen molar-refractivity contribution < 1.29 is 14.3 Å². The Hall–Kier alpha value is -1.27. The van der Waals surface area contributed by atoms with Gasteiger partial charge in [-0.2, -0.15) is 0 Å². The van der Waals surface area contributed by atoms with Crippen molar-refractivity contribution in [3.05, 3.63) is 27.7 Å². The van der Waals surface area contributed by atoms with Gasteiger partial charge >= 0.3 is 0 Å². The molecule has 1 aromatic carbocycles. The number of ether oxygens (including phenoxy) is 1. The molecule has 0 aliphatic heterocycles. The average molecular weight is 406 g/mol. The van der Waals surface area contributed by atoms with E-state index < -0.39 is 12.1 Å². The van der Waals surface area contributed by atoms with Crippen LogP contribution < -0.4 is 10.1 Å². The number of halogens is 2. The first-order chi connectivity index (χ1) is 10.6. The fourth-order valence-corrected chi connectivity index (χ4v) is 2.65. The number of carbonyl (C=O) groups excluding carboxylic acids is 2. The van der Waals surface area contributed by atoms with E-state index in [9.17, 15) is 9.59 Å². The molecule has 2 atom stereocenters. The fraction of sp³-hybridized carbons (Fsp3) is 0.500. The number of amides is 2. The van der Waals surface area contributed by atoms with E-state index in [0.29, 0.717) is 15.2 Å². The molecule has 23 heavy (non-hydrogen) atoms. The van der Waals surface area contributed by atoms with Crippen LogP contribution in [0, 0.1) is 5.92 Å². The van der Waals surface area contributed by atoms with Gasteiger partial charge in [0, 0.05) is 19.1 Å². The molecular weight excluding hydrogens is 384 g/mol. The highest BCUT2D eigenvalue weighted by Gasteiger charge is 2.28. The zero-order valence-electron chi connectivity index (χ0n) is 13.9. The summed E-state index contributed by atoms with van der Waals surface area (Å²) in [6, 6.07) is 4.46. The maximum absolute atomic E-state index is 12.3. The molecule has 0 saturated carbocycles. The van der Waals surface area contributed by atoms with Crippen LogP contribution in [0.25, 0.3) is 0 Å². The van der Waals surface area contributed by atoms with Gasteiger partial charge in [0.05, 0.1) is 4.47 Å². The first kappa shape index (κ1) is 19.8. The third-order valence-corrected chi connectivity index (χ3v) is 4.09. The molecule has 1 N–H and O–H groups in total. The Labute approximate surface area is 150 Å². The van der Waals surface area contributed by atoms with Crippen LogP contribution in [0.2, 0.25) is 5.02 Å². The Morgan fingerprint density at radius 3 is 2.35 bits per heavy atom. The van der Waals surface area contributed by atoms with Gasteiger partial charge in [0.2, 0.25) is 5.91 Å². The number of hydrogen-bond acceptors (Lipinski definition) is 3. The van der Waals surface area contributed by atoms with Crippen molar-refractivity contribution in [2.75, 3.05) is 14.1 Å². The molecule has 1 rings (SSSR count). The second-order valence-corrected chi connectivity index (χ2v) is 7.09. The third-order valence-electron chi connectivity index (χ3n) is 3.24. The van der Waals surface area contributed by atoms with E-state index in [1.807, 2.05) is 13.8 Å². The Morgan fingerprint density at radius 1 is 1.26 bits per heavy atom. The van der Waals surface area contributed by atoms with Crippen LogP contribution in [0.1, 0.15) is 20.8 Å². The molecule has 0 spiro atoms. The van der Waals surface area contributed by atoms with Crippen molar-refractivity contribution in [2.45, 2.75) is 32.9 Å². The molecule has 0 unspecified atom stereocenters. The Balaban J connectivity index is 2.77. The Morgan fingerprint density at radius 2 is 1.87 bits per heavy atom. The molecular formula is C16H22BrClN2O3. The Bertz CT molecular complexity index is 578. The van der Waals surface area contributed by atoms with Crippen molar-refractivity contribution in [1.29, 1.82) is 0 Å². The molecule has 0 heterocycles. The molecule has 0 aliphatic rings. The first-order valence-electron chi connectivity index (χ1n) is 7.26. The summed E-state index contributed by atoms with van der Waals surface area (Å²) in [6.07, 6.45) is -0.747. The van der Waals surface area contributed by atoms with Crippen LogP contribution in [0.3, 0.4) is 0 Å². The van der Waals surface area contributed by atoms with Crippen LogP contribution >= 0.6 is 27.5 Å². The van der Waals surface area contributed by atoms with Gasteiger partial charge in [0.25, 0.3) is 5.91 Å². The van der Waals surface area contributed by atoms with E-state index in [-0.39, 0.29) is 17.7 Å². The summed E-state index contributed by atoms with van der Waals surface area (Å²) in [6.45, 7) is 5.40. The number of likely N-dealkylation sites (N-methyl/N-ethyl adjacent to an activating group) is 1. The zero-order valence-corrected chi connectivity index (χ0v) is 16.2. The summed E-state index contributed by atoms with van der Waals surface area (Å²) in [5.41, 5.74) is 0. The normalized spacial score (nSPS) is 13.4. The highest BCUT2D eigenvalue weighted by molar-refractivity contribution is 9.10. The lowest BCUT2D eigenvalue weighted by Gasteiger charge is -2.26. The van der Waals surface area contributed by atoms with Crippen molar-refractivity contribution in [2.24, 2.45) is 5.92 Å². The summed E-state index contributed by atoms with van der Waals surface area (Å²) < 4.78 is 6.30. The number of hydrogen-bond donors (Lipinski definition) is 1.